The summed E-state index contributed by atoms with van der Waals surface area (Å²) in [7, 11) is 0. The standard InChI is InChI=1S/2C17H15.C6H13.3CH3.Hf.H2Si/c2*1-12-9-13(2)11-15(10-12)17-8-4-6-14-5-3-7-16(14)17;1-3-5-6-4-2;;;;;/h2*3-11H,1-2H3;1,3-6H2,2H3;3*1H3;;1H2. The average Bonchev–Trinajstić information content (AvgIpc) is 3.61. The van der Waals surface area contributed by atoms with Gasteiger partial charge in [-0.2, -0.15) is 0 Å². The Labute approximate surface area is 269 Å². The molecule has 4 aromatic carbocycles. The Morgan fingerprint density at radius 3 is 1.40 bits per heavy atom. The van der Waals surface area contributed by atoms with E-state index >= 15 is 0 Å². The van der Waals surface area contributed by atoms with Gasteiger partial charge >= 0.3 is 271 Å². The summed E-state index contributed by atoms with van der Waals surface area (Å²) in [5.41, 5.74) is 16.8. The van der Waals surface area contributed by atoms with E-state index in [4.69, 9.17) is 0 Å². The van der Waals surface area contributed by atoms with Crippen molar-refractivity contribution in [3.63, 3.8) is 0 Å². The van der Waals surface area contributed by atoms with Gasteiger partial charge in [-0.15, -0.1) is 0 Å². The van der Waals surface area contributed by atoms with Crippen molar-refractivity contribution in [3.8, 4) is 22.3 Å². The van der Waals surface area contributed by atoms with E-state index < -0.39 is 14.2 Å². The summed E-state index contributed by atoms with van der Waals surface area (Å²) >= 11 is -4.96. The van der Waals surface area contributed by atoms with Crippen LogP contribution in [0.2, 0.25) is 18.2 Å². The van der Waals surface area contributed by atoms with E-state index in [0.717, 1.165) is 0 Å². The predicted octanol–water partition coefficient (Wildman–Crippen LogP) is 12.5. The second kappa shape index (κ2) is 10.2. The number of hydrogen-bond donors (Lipinski definition) is 0. The van der Waals surface area contributed by atoms with Gasteiger partial charge in [-0.25, -0.2) is 0 Å². The molecule has 0 saturated heterocycles. The van der Waals surface area contributed by atoms with Gasteiger partial charge in [0.25, 0.3) is 0 Å². The minimum atomic E-state index is -4.96. The van der Waals surface area contributed by atoms with Crippen LogP contribution in [0.4, 0.5) is 0 Å². The van der Waals surface area contributed by atoms with E-state index in [0.29, 0.717) is 7.35 Å². The fourth-order valence-corrected chi connectivity index (χ4v) is 49.0. The van der Waals surface area contributed by atoms with Crippen molar-refractivity contribution in [3.05, 3.63) is 129 Å². The van der Waals surface area contributed by atoms with Crippen LogP contribution in [0.25, 0.3) is 34.4 Å². The van der Waals surface area contributed by atoms with E-state index in [1.807, 2.05) is 0 Å². The zero-order valence-electron chi connectivity index (χ0n) is 29.1. The van der Waals surface area contributed by atoms with Crippen molar-refractivity contribution in [1.29, 1.82) is 0 Å². The Bertz CT molecular complexity index is 1860. The number of hydrogen-bond acceptors (Lipinski definition) is 0. The van der Waals surface area contributed by atoms with Crippen molar-refractivity contribution >= 4 is 19.1 Å². The molecule has 0 aliphatic heterocycles. The van der Waals surface area contributed by atoms with Crippen molar-refractivity contribution in [2.24, 2.45) is 0 Å². The van der Waals surface area contributed by atoms with Gasteiger partial charge in [0.2, 0.25) is 0 Å². The Morgan fingerprint density at radius 1 is 0.578 bits per heavy atom. The SMILES string of the molecule is CCCCC[CH2][Hf]([CH3])([CH3])([CH3])(=[SiH2])([CH]1C=Cc2c(-c3cc(C)cc(C)c3)cccc21)[CH]1C=Cc2c(-c3cc(C)cc(C)c3)cccc21. The van der Waals surface area contributed by atoms with Gasteiger partial charge in [-0.1, -0.05) is 0 Å². The summed E-state index contributed by atoms with van der Waals surface area (Å²) in [6.07, 6.45) is 15.5. The van der Waals surface area contributed by atoms with Gasteiger partial charge in [-0.3, -0.25) is 0 Å². The van der Waals surface area contributed by atoms with Crippen LogP contribution < -0.4 is 0 Å². The number of allylic oxidation sites excluding steroid dienone is 2. The number of unbranched alkanes of at least 4 members (excludes halogenated alkanes) is 3. The molecule has 0 saturated carbocycles. The minimum absolute atomic E-state index is 0.431. The second-order valence-electron chi connectivity index (χ2n) is 18.4. The molecule has 2 aliphatic carbocycles. The molecule has 234 valence electrons. The predicted molar refractivity (Wildman–Crippen MR) is 201 cm³/mol. The number of aryl methyl sites for hydroxylation is 4. The number of fused-ring (bicyclic) bond motifs is 2. The Morgan fingerprint density at radius 2 is 1.00 bits per heavy atom. The zero-order chi connectivity index (χ0) is 32.3. The van der Waals surface area contributed by atoms with Crippen LogP contribution in [0.5, 0.6) is 0 Å². The van der Waals surface area contributed by atoms with E-state index in [9.17, 15) is 0 Å². The Hall–Kier alpha value is -2.55. The number of benzene rings is 4. The molecular formula is C43H54HfSi. The molecule has 2 heteroatoms. The van der Waals surface area contributed by atoms with Crippen LogP contribution in [0, 0.1) is 27.7 Å². The van der Waals surface area contributed by atoms with Crippen LogP contribution in [0.3, 0.4) is 0 Å². The molecule has 0 N–H and O–H groups in total. The van der Waals surface area contributed by atoms with Crippen LogP contribution >= 0.6 is 0 Å². The molecule has 2 aliphatic rings. The second-order valence-corrected chi connectivity index (χ2v) is 100. The van der Waals surface area contributed by atoms with Gasteiger partial charge in [-0.05, 0) is 0 Å². The molecule has 0 bridgehead atoms. The molecule has 2 unspecified atom stereocenters. The van der Waals surface area contributed by atoms with Crippen molar-refractivity contribution in [2.75, 3.05) is 0 Å². The summed E-state index contributed by atoms with van der Waals surface area (Å²) in [6.45, 7) is 13.8. The fraction of sp³-hybridized carbons (Fsp3) is 0.349. The summed E-state index contributed by atoms with van der Waals surface area (Å²) < 4.78 is 10.8. The van der Waals surface area contributed by atoms with E-state index in [1.165, 1.54) is 85.5 Å². The molecule has 0 radical (unpaired) electrons. The molecule has 0 aromatic heterocycles. The maximum atomic E-state index is 2.86. The van der Waals surface area contributed by atoms with Crippen LogP contribution in [0.1, 0.15) is 84.5 Å². The topological polar surface area (TPSA) is 0 Å². The molecule has 0 nitrogen and oxygen atoms in total. The van der Waals surface area contributed by atoms with Gasteiger partial charge in [0.05, 0.1) is 0 Å². The first-order chi connectivity index (χ1) is 21.1. The van der Waals surface area contributed by atoms with Crippen molar-refractivity contribution < 1.29 is 14.2 Å². The third kappa shape index (κ3) is 5.38. The molecule has 0 heterocycles. The Kier molecular flexibility index (Phi) is 7.36. The zero-order valence-corrected chi connectivity index (χ0v) is 34.1. The van der Waals surface area contributed by atoms with Gasteiger partial charge in [0, 0.05) is 0 Å². The maximum absolute atomic E-state index is 4.96. The molecule has 45 heavy (non-hydrogen) atoms. The summed E-state index contributed by atoms with van der Waals surface area (Å²) in [4.78, 5) is 0. The first-order valence-corrected chi connectivity index (χ1v) is 43.2. The van der Waals surface area contributed by atoms with Crippen molar-refractivity contribution in [2.45, 2.75) is 85.9 Å². The van der Waals surface area contributed by atoms with E-state index in [1.54, 1.807) is 11.1 Å². The first-order valence-electron chi connectivity index (χ1n) is 17.4. The summed E-state index contributed by atoms with van der Waals surface area (Å²) in [5.74, 6) is 0. The fourth-order valence-electron chi connectivity index (χ4n) is 9.87. The monoisotopic (exact) mass is 778 g/mol. The van der Waals surface area contributed by atoms with Crippen LogP contribution in [-0.2, 0) is 14.2 Å². The molecule has 0 fully saturated rings. The molecule has 0 spiro atoms. The molecule has 6 rings (SSSR count). The quantitative estimate of drug-likeness (QED) is 0.117. The Balaban J connectivity index is 1.56. The molecule has 2 atom stereocenters. The van der Waals surface area contributed by atoms with Crippen molar-refractivity contribution in [1.82, 2.24) is 0 Å². The normalized spacial score (nSPS) is 19.4. The summed E-state index contributed by atoms with van der Waals surface area (Å²) in [6, 6.07) is 28.4. The average molecular weight is 777 g/mol. The number of rotatable bonds is 9. The van der Waals surface area contributed by atoms with Crippen LogP contribution in [0.15, 0.2) is 84.9 Å². The molecule has 0 amide bonds. The summed E-state index contributed by atoms with van der Waals surface area (Å²) in [5, 5.41) is 0. The van der Waals surface area contributed by atoms with Gasteiger partial charge in [0.15, 0.2) is 0 Å². The first kappa shape index (κ1) is 32.4. The molecule has 4 aromatic rings. The molecular weight excluding hydrogens is 723 g/mol. The van der Waals surface area contributed by atoms with E-state index in [-0.39, 0.29) is 0 Å². The third-order valence-corrected chi connectivity index (χ3v) is 58.3. The van der Waals surface area contributed by atoms with E-state index in [2.05, 4.69) is 153 Å². The third-order valence-electron chi connectivity index (χ3n) is 12.3. The van der Waals surface area contributed by atoms with Crippen LogP contribution in [-0.4, -0.2) is 6.94 Å². The van der Waals surface area contributed by atoms with Gasteiger partial charge in [0.1, 0.15) is 0 Å². The van der Waals surface area contributed by atoms with Gasteiger partial charge < -0.3 is 0 Å².